The molecule has 1 amide bonds. The number of likely N-dealkylation sites (tertiary alicyclic amines) is 2. The Balaban J connectivity index is 1.31. The monoisotopic (exact) mass is 348 g/mol. The summed E-state index contributed by atoms with van der Waals surface area (Å²) in [7, 11) is 0. The zero-order valence-corrected chi connectivity index (χ0v) is 15.3. The van der Waals surface area contributed by atoms with E-state index in [0.717, 1.165) is 64.3 Å². The quantitative estimate of drug-likeness (QED) is 0.842. The molecule has 0 aromatic carbocycles. The van der Waals surface area contributed by atoms with Gasteiger partial charge in [0.15, 0.2) is 0 Å². The number of carbonyl (C=O) groups excluding carboxylic acids is 1. The highest BCUT2D eigenvalue weighted by molar-refractivity contribution is 7.07. The van der Waals surface area contributed by atoms with Crippen molar-refractivity contribution in [3.63, 3.8) is 0 Å². The summed E-state index contributed by atoms with van der Waals surface area (Å²) >= 11 is 1.76. The molecule has 0 spiro atoms. The normalized spacial score (nSPS) is 32.0. The van der Waals surface area contributed by atoms with E-state index in [9.17, 15) is 4.79 Å². The van der Waals surface area contributed by atoms with Crippen molar-refractivity contribution in [3.8, 4) is 0 Å². The van der Waals surface area contributed by atoms with Crippen molar-refractivity contribution < 1.29 is 9.53 Å². The van der Waals surface area contributed by atoms with Gasteiger partial charge in [-0.25, -0.2) is 0 Å². The highest BCUT2D eigenvalue weighted by Gasteiger charge is 2.43. The van der Waals surface area contributed by atoms with Crippen molar-refractivity contribution in [3.05, 3.63) is 22.4 Å². The van der Waals surface area contributed by atoms with Gasteiger partial charge in [0.1, 0.15) is 6.10 Å². The summed E-state index contributed by atoms with van der Waals surface area (Å²) in [4.78, 5) is 17.3. The lowest BCUT2D eigenvalue weighted by Gasteiger charge is -2.34. The fraction of sp³-hybridized carbons (Fsp3) is 0.737. The number of carbonyl (C=O) groups is 1. The first-order valence-electron chi connectivity index (χ1n) is 9.36. The van der Waals surface area contributed by atoms with Gasteiger partial charge in [0, 0.05) is 26.2 Å². The van der Waals surface area contributed by atoms with Crippen LogP contribution in [0.3, 0.4) is 0 Å². The van der Waals surface area contributed by atoms with Crippen molar-refractivity contribution >= 4 is 17.2 Å². The molecule has 4 rings (SSSR count). The van der Waals surface area contributed by atoms with Crippen molar-refractivity contribution in [2.24, 2.45) is 11.8 Å². The summed E-state index contributed by atoms with van der Waals surface area (Å²) in [6.07, 6.45) is 4.43. The van der Waals surface area contributed by atoms with E-state index >= 15 is 0 Å². The second kappa shape index (κ2) is 7.14. The summed E-state index contributed by atoms with van der Waals surface area (Å²) in [5.74, 6) is 1.58. The number of fused-ring (bicyclic) bond motifs is 1. The molecule has 5 heteroatoms. The molecular formula is C19H28N2O2S. The number of piperidine rings is 2. The SMILES string of the molecule is CC1CCN(C(=O)[C@@H]2C[C@H]3CCN(Cc4ccsc4)C[C@H]3O2)CC1. The predicted octanol–water partition coefficient (Wildman–Crippen LogP) is 2.99. The highest BCUT2D eigenvalue weighted by atomic mass is 32.1. The number of thiophene rings is 1. The van der Waals surface area contributed by atoms with Gasteiger partial charge in [0.2, 0.25) is 0 Å². The Morgan fingerprint density at radius 3 is 2.88 bits per heavy atom. The Bertz CT molecular complexity index is 554. The van der Waals surface area contributed by atoms with Gasteiger partial charge >= 0.3 is 0 Å². The standard InChI is InChI=1S/C19H28N2O2S/c1-14-2-7-21(8-3-14)19(22)17-10-16-4-6-20(12-18(16)23-17)11-15-5-9-24-13-15/h5,9,13-14,16-18H,2-4,6-8,10-12H2,1H3/t16-,17+,18-/m1/s1. The van der Waals surface area contributed by atoms with E-state index in [4.69, 9.17) is 4.74 Å². The lowest BCUT2D eigenvalue weighted by molar-refractivity contribution is -0.145. The Morgan fingerprint density at radius 2 is 2.12 bits per heavy atom. The molecule has 3 aliphatic rings. The van der Waals surface area contributed by atoms with Crippen molar-refractivity contribution in [1.82, 2.24) is 9.80 Å². The first kappa shape index (κ1) is 16.6. The number of rotatable bonds is 3. The van der Waals surface area contributed by atoms with Crippen LogP contribution in [0.5, 0.6) is 0 Å². The van der Waals surface area contributed by atoms with Gasteiger partial charge in [-0.1, -0.05) is 6.92 Å². The molecule has 132 valence electrons. The molecule has 1 aromatic rings. The molecular weight excluding hydrogens is 320 g/mol. The zero-order chi connectivity index (χ0) is 16.5. The number of hydrogen-bond acceptors (Lipinski definition) is 4. The molecule has 24 heavy (non-hydrogen) atoms. The smallest absolute Gasteiger partial charge is 0.251 e. The first-order valence-corrected chi connectivity index (χ1v) is 10.3. The third-order valence-electron chi connectivity index (χ3n) is 5.99. The molecule has 3 aliphatic heterocycles. The summed E-state index contributed by atoms with van der Waals surface area (Å²) in [6, 6.07) is 2.20. The third-order valence-corrected chi connectivity index (χ3v) is 6.73. The highest BCUT2D eigenvalue weighted by Crippen LogP contribution is 2.35. The van der Waals surface area contributed by atoms with Gasteiger partial charge in [-0.05, 0) is 66.5 Å². The lowest BCUT2D eigenvalue weighted by Crippen LogP contribution is -2.44. The number of nitrogens with zero attached hydrogens (tertiary/aromatic N) is 2. The number of ether oxygens (including phenoxy) is 1. The van der Waals surface area contributed by atoms with Crippen LogP contribution in [0, 0.1) is 11.8 Å². The van der Waals surface area contributed by atoms with Crippen LogP contribution in [0.4, 0.5) is 0 Å². The summed E-state index contributed by atoms with van der Waals surface area (Å²) < 4.78 is 6.23. The Labute approximate surface area is 148 Å². The van der Waals surface area contributed by atoms with Crippen LogP contribution in [0.1, 0.15) is 38.2 Å². The molecule has 0 radical (unpaired) electrons. The first-order chi connectivity index (χ1) is 11.7. The average Bonchev–Trinajstić information content (AvgIpc) is 3.24. The minimum Gasteiger partial charge on any atom is -0.364 e. The van der Waals surface area contributed by atoms with E-state index in [1.54, 1.807) is 11.3 Å². The van der Waals surface area contributed by atoms with Crippen LogP contribution in [0.2, 0.25) is 0 Å². The van der Waals surface area contributed by atoms with Crippen LogP contribution in [0.15, 0.2) is 16.8 Å². The maximum absolute atomic E-state index is 12.8. The molecule has 0 unspecified atom stereocenters. The summed E-state index contributed by atoms with van der Waals surface area (Å²) in [5, 5.41) is 4.37. The van der Waals surface area contributed by atoms with E-state index in [-0.39, 0.29) is 18.1 Å². The van der Waals surface area contributed by atoms with E-state index in [1.807, 2.05) is 4.90 Å². The molecule has 0 aliphatic carbocycles. The second-order valence-corrected chi connectivity index (χ2v) is 8.60. The van der Waals surface area contributed by atoms with Gasteiger partial charge in [0.05, 0.1) is 6.10 Å². The molecule has 3 saturated heterocycles. The Morgan fingerprint density at radius 1 is 1.29 bits per heavy atom. The minimum absolute atomic E-state index is 0.186. The number of hydrogen-bond donors (Lipinski definition) is 0. The Hall–Kier alpha value is -0.910. The van der Waals surface area contributed by atoms with E-state index < -0.39 is 0 Å². The van der Waals surface area contributed by atoms with Gasteiger partial charge in [0.25, 0.3) is 5.91 Å². The van der Waals surface area contributed by atoms with E-state index in [2.05, 4.69) is 28.7 Å². The van der Waals surface area contributed by atoms with Gasteiger partial charge in [-0.2, -0.15) is 11.3 Å². The van der Waals surface area contributed by atoms with Crippen molar-refractivity contribution in [1.29, 1.82) is 0 Å². The summed E-state index contributed by atoms with van der Waals surface area (Å²) in [5.41, 5.74) is 1.39. The van der Waals surface area contributed by atoms with E-state index in [0.29, 0.717) is 5.92 Å². The van der Waals surface area contributed by atoms with Crippen LogP contribution in [0.25, 0.3) is 0 Å². The largest absolute Gasteiger partial charge is 0.364 e. The molecule has 0 bridgehead atoms. The maximum Gasteiger partial charge on any atom is 0.251 e. The third kappa shape index (κ3) is 3.53. The van der Waals surface area contributed by atoms with Crippen LogP contribution in [-0.2, 0) is 16.1 Å². The second-order valence-electron chi connectivity index (χ2n) is 7.82. The molecule has 3 atom stereocenters. The molecule has 0 N–H and O–H groups in total. The molecule has 0 saturated carbocycles. The Kier molecular flexibility index (Phi) is 4.93. The molecule has 4 heterocycles. The minimum atomic E-state index is -0.186. The van der Waals surface area contributed by atoms with E-state index in [1.165, 1.54) is 5.56 Å². The molecule has 3 fully saturated rings. The summed E-state index contributed by atoms with van der Waals surface area (Å²) in [6.45, 7) is 7.23. The van der Waals surface area contributed by atoms with Crippen molar-refractivity contribution in [2.75, 3.05) is 26.2 Å². The van der Waals surface area contributed by atoms with Crippen LogP contribution >= 0.6 is 11.3 Å². The van der Waals surface area contributed by atoms with Crippen molar-refractivity contribution in [2.45, 2.75) is 51.4 Å². The van der Waals surface area contributed by atoms with Gasteiger partial charge in [-0.3, -0.25) is 9.69 Å². The topological polar surface area (TPSA) is 32.8 Å². The van der Waals surface area contributed by atoms with Gasteiger partial charge in [-0.15, -0.1) is 0 Å². The fourth-order valence-corrected chi connectivity index (χ4v) is 5.03. The maximum atomic E-state index is 12.8. The predicted molar refractivity (Wildman–Crippen MR) is 96.0 cm³/mol. The van der Waals surface area contributed by atoms with Crippen LogP contribution in [-0.4, -0.2) is 54.1 Å². The fourth-order valence-electron chi connectivity index (χ4n) is 4.37. The molecule has 1 aromatic heterocycles. The van der Waals surface area contributed by atoms with Gasteiger partial charge < -0.3 is 9.64 Å². The average molecular weight is 349 g/mol. The van der Waals surface area contributed by atoms with Crippen LogP contribution < -0.4 is 0 Å². The zero-order valence-electron chi connectivity index (χ0n) is 14.5. The number of amides is 1. The lowest BCUT2D eigenvalue weighted by atomic mass is 9.91. The molecule has 4 nitrogen and oxygen atoms in total.